The minimum absolute atomic E-state index is 0.153. The topological polar surface area (TPSA) is 12.0 Å². The second kappa shape index (κ2) is 7.02. The van der Waals surface area contributed by atoms with Crippen LogP contribution in [0.1, 0.15) is 33.3 Å². The normalized spacial score (nSPS) is 11.5. The molecule has 0 aliphatic rings. The van der Waals surface area contributed by atoms with Crippen LogP contribution in [0.5, 0.6) is 0 Å². The molecular weight excluding hydrogens is 233 g/mol. The van der Waals surface area contributed by atoms with Gasteiger partial charge in [0.1, 0.15) is 5.82 Å². The third-order valence-electron chi connectivity index (χ3n) is 2.30. The quantitative estimate of drug-likeness (QED) is 0.769. The Morgan fingerprint density at radius 1 is 1.24 bits per heavy atom. The van der Waals surface area contributed by atoms with E-state index in [0.29, 0.717) is 12.0 Å². The van der Waals surface area contributed by atoms with Gasteiger partial charge in [-0.25, -0.2) is 4.39 Å². The van der Waals surface area contributed by atoms with Gasteiger partial charge in [0.25, 0.3) is 0 Å². The van der Waals surface area contributed by atoms with Crippen molar-refractivity contribution in [1.82, 2.24) is 5.32 Å². The highest BCUT2D eigenvalue weighted by atomic mass is 32.2. The number of hydrogen-bond donors (Lipinski definition) is 1. The molecule has 0 aromatic heterocycles. The molecular formula is C14H22FNS. The van der Waals surface area contributed by atoms with Crippen molar-refractivity contribution in [3.05, 3.63) is 29.6 Å². The summed E-state index contributed by atoms with van der Waals surface area (Å²) in [6, 6.07) is 5.49. The van der Waals surface area contributed by atoms with Gasteiger partial charge in [-0.05, 0) is 29.7 Å². The predicted octanol–water partition coefficient (Wildman–Crippen LogP) is 4.07. The Morgan fingerprint density at radius 2 is 1.94 bits per heavy atom. The molecule has 1 rings (SSSR count). The van der Waals surface area contributed by atoms with Crippen molar-refractivity contribution >= 4 is 11.8 Å². The second-order valence-electron chi connectivity index (χ2n) is 4.99. The van der Waals surface area contributed by atoms with Gasteiger partial charge in [-0.1, -0.05) is 27.7 Å². The van der Waals surface area contributed by atoms with E-state index in [1.165, 1.54) is 4.90 Å². The molecule has 1 aromatic rings. The van der Waals surface area contributed by atoms with E-state index in [1.807, 2.05) is 17.8 Å². The molecule has 0 fully saturated rings. The summed E-state index contributed by atoms with van der Waals surface area (Å²) in [5.41, 5.74) is 1.06. The lowest BCUT2D eigenvalue weighted by Crippen LogP contribution is -2.22. The third kappa shape index (κ3) is 5.55. The molecule has 0 bridgehead atoms. The molecule has 0 radical (unpaired) electrons. The molecule has 0 spiro atoms. The zero-order valence-corrected chi connectivity index (χ0v) is 11.9. The van der Waals surface area contributed by atoms with Crippen molar-refractivity contribution in [2.75, 3.05) is 5.75 Å². The van der Waals surface area contributed by atoms with E-state index in [-0.39, 0.29) is 5.82 Å². The smallest absolute Gasteiger partial charge is 0.123 e. The first-order chi connectivity index (χ1) is 7.99. The summed E-state index contributed by atoms with van der Waals surface area (Å²) >= 11 is 1.81. The van der Waals surface area contributed by atoms with Gasteiger partial charge in [0, 0.05) is 23.2 Å². The van der Waals surface area contributed by atoms with E-state index >= 15 is 0 Å². The lowest BCUT2D eigenvalue weighted by molar-refractivity contribution is 0.576. The summed E-state index contributed by atoms with van der Waals surface area (Å²) < 4.78 is 13.2. The first-order valence-electron chi connectivity index (χ1n) is 6.13. The van der Waals surface area contributed by atoms with Gasteiger partial charge in [0.2, 0.25) is 0 Å². The van der Waals surface area contributed by atoms with Crippen LogP contribution >= 0.6 is 11.8 Å². The summed E-state index contributed by atoms with van der Waals surface area (Å²) in [7, 11) is 0. The fourth-order valence-electron chi connectivity index (χ4n) is 1.40. The number of rotatable bonds is 6. The average molecular weight is 255 g/mol. The molecule has 1 N–H and O–H groups in total. The van der Waals surface area contributed by atoms with Gasteiger partial charge in [-0.15, -0.1) is 11.8 Å². The Hall–Kier alpha value is -0.540. The minimum Gasteiger partial charge on any atom is -0.310 e. The van der Waals surface area contributed by atoms with Crippen LogP contribution < -0.4 is 5.32 Å². The van der Waals surface area contributed by atoms with E-state index in [0.717, 1.165) is 17.9 Å². The largest absolute Gasteiger partial charge is 0.310 e. The first-order valence-corrected chi connectivity index (χ1v) is 7.12. The zero-order valence-electron chi connectivity index (χ0n) is 11.1. The van der Waals surface area contributed by atoms with Crippen LogP contribution in [-0.2, 0) is 6.54 Å². The Bertz CT molecular complexity index is 350. The third-order valence-corrected chi connectivity index (χ3v) is 3.84. The summed E-state index contributed by atoms with van der Waals surface area (Å²) in [5.74, 6) is 1.57. The first kappa shape index (κ1) is 14.5. The van der Waals surface area contributed by atoms with Crippen LogP contribution in [0, 0.1) is 11.7 Å². The molecule has 0 heterocycles. The van der Waals surface area contributed by atoms with Gasteiger partial charge < -0.3 is 5.32 Å². The molecule has 0 atom stereocenters. The standard InChI is InChI=1S/C14H22FNS/c1-10(2)9-17-14-6-5-13(15)7-12(14)8-16-11(3)4/h5-7,10-11,16H,8-9H2,1-4H3. The Balaban J connectivity index is 2.72. The van der Waals surface area contributed by atoms with Gasteiger partial charge >= 0.3 is 0 Å². The number of nitrogens with one attached hydrogen (secondary N) is 1. The van der Waals surface area contributed by atoms with Crippen LogP contribution in [0.2, 0.25) is 0 Å². The maximum Gasteiger partial charge on any atom is 0.123 e. The summed E-state index contributed by atoms with van der Waals surface area (Å²) in [5, 5.41) is 3.34. The molecule has 0 saturated heterocycles. The number of hydrogen-bond acceptors (Lipinski definition) is 2. The molecule has 17 heavy (non-hydrogen) atoms. The van der Waals surface area contributed by atoms with Crippen molar-refractivity contribution < 1.29 is 4.39 Å². The SMILES string of the molecule is CC(C)CSc1ccc(F)cc1CNC(C)C. The maximum atomic E-state index is 13.2. The second-order valence-corrected chi connectivity index (χ2v) is 6.05. The van der Waals surface area contributed by atoms with Crippen molar-refractivity contribution in [3.8, 4) is 0 Å². The van der Waals surface area contributed by atoms with Crippen LogP contribution in [-0.4, -0.2) is 11.8 Å². The van der Waals surface area contributed by atoms with Gasteiger partial charge in [0.15, 0.2) is 0 Å². The highest BCUT2D eigenvalue weighted by Gasteiger charge is 2.06. The maximum absolute atomic E-state index is 13.2. The summed E-state index contributed by atoms with van der Waals surface area (Å²) in [6.45, 7) is 9.32. The monoisotopic (exact) mass is 255 g/mol. The molecule has 0 aliphatic carbocycles. The Morgan fingerprint density at radius 3 is 2.53 bits per heavy atom. The van der Waals surface area contributed by atoms with Crippen molar-refractivity contribution in [1.29, 1.82) is 0 Å². The molecule has 0 aliphatic heterocycles. The summed E-state index contributed by atoms with van der Waals surface area (Å²) in [6.07, 6.45) is 0. The lowest BCUT2D eigenvalue weighted by atomic mass is 10.2. The molecule has 1 nitrogen and oxygen atoms in total. The van der Waals surface area contributed by atoms with Gasteiger partial charge in [0.05, 0.1) is 0 Å². The van der Waals surface area contributed by atoms with Crippen LogP contribution in [0.3, 0.4) is 0 Å². The molecule has 1 aromatic carbocycles. The van der Waals surface area contributed by atoms with E-state index in [1.54, 1.807) is 12.1 Å². The molecule has 0 amide bonds. The average Bonchev–Trinajstić information content (AvgIpc) is 2.24. The molecule has 0 saturated carbocycles. The van der Waals surface area contributed by atoms with Crippen molar-refractivity contribution in [3.63, 3.8) is 0 Å². The van der Waals surface area contributed by atoms with Crippen LogP contribution in [0.15, 0.2) is 23.1 Å². The van der Waals surface area contributed by atoms with E-state index in [2.05, 4.69) is 33.0 Å². The lowest BCUT2D eigenvalue weighted by Gasteiger charge is -2.13. The van der Waals surface area contributed by atoms with Crippen molar-refractivity contribution in [2.45, 2.75) is 45.2 Å². The number of benzene rings is 1. The van der Waals surface area contributed by atoms with E-state index in [9.17, 15) is 4.39 Å². The summed E-state index contributed by atoms with van der Waals surface area (Å²) in [4.78, 5) is 1.19. The highest BCUT2D eigenvalue weighted by Crippen LogP contribution is 2.25. The van der Waals surface area contributed by atoms with Crippen molar-refractivity contribution in [2.24, 2.45) is 5.92 Å². The van der Waals surface area contributed by atoms with Crippen LogP contribution in [0.4, 0.5) is 4.39 Å². The van der Waals surface area contributed by atoms with Gasteiger partial charge in [-0.3, -0.25) is 0 Å². The minimum atomic E-state index is -0.153. The Labute approximate surface area is 108 Å². The predicted molar refractivity (Wildman–Crippen MR) is 73.9 cm³/mol. The number of halogens is 1. The highest BCUT2D eigenvalue weighted by molar-refractivity contribution is 7.99. The van der Waals surface area contributed by atoms with Gasteiger partial charge in [-0.2, -0.15) is 0 Å². The van der Waals surface area contributed by atoms with Crippen LogP contribution in [0.25, 0.3) is 0 Å². The molecule has 3 heteroatoms. The molecule has 0 unspecified atom stereocenters. The molecule has 96 valence electrons. The number of thioether (sulfide) groups is 1. The van der Waals surface area contributed by atoms with E-state index < -0.39 is 0 Å². The fraction of sp³-hybridized carbons (Fsp3) is 0.571. The fourth-order valence-corrected chi connectivity index (χ4v) is 2.39. The Kier molecular flexibility index (Phi) is 6.00. The van der Waals surface area contributed by atoms with E-state index in [4.69, 9.17) is 0 Å². The zero-order chi connectivity index (χ0) is 12.8.